The molecule has 1 N–H and O–H groups in total. The number of hydrogen-bond donors (Lipinski definition) is 1. The molecule has 0 fully saturated rings. The van der Waals surface area contributed by atoms with Crippen LogP contribution in [0.1, 0.15) is 31.9 Å². The third kappa shape index (κ3) is 9.51. The standard InChI is InChI=1S/C29H31Cl4N3O4S/c1-29(2,3)34-28(38)26(14-19-9-6-5-7-10-19)35(17-20-11-8-12-21(30)13-20)27(37)18-36(41(4,39)40)25-16-23(32)22(31)15-24(25)33/h5-13,15-16,26H,14,17-18H2,1-4H3,(H,34,38). The number of halogens is 4. The van der Waals surface area contributed by atoms with E-state index in [1.165, 1.54) is 17.0 Å². The van der Waals surface area contributed by atoms with E-state index in [1.54, 1.807) is 24.3 Å². The molecule has 0 aliphatic rings. The van der Waals surface area contributed by atoms with Crippen molar-refractivity contribution < 1.29 is 18.0 Å². The van der Waals surface area contributed by atoms with Crippen molar-refractivity contribution in [2.24, 2.45) is 0 Å². The zero-order valence-corrected chi connectivity index (χ0v) is 26.8. The van der Waals surface area contributed by atoms with Gasteiger partial charge in [-0.3, -0.25) is 13.9 Å². The van der Waals surface area contributed by atoms with Crippen molar-refractivity contribution >= 4 is 73.9 Å². The number of anilines is 1. The number of sulfonamides is 1. The maximum Gasteiger partial charge on any atom is 0.244 e. The van der Waals surface area contributed by atoms with E-state index in [-0.39, 0.29) is 33.7 Å². The van der Waals surface area contributed by atoms with E-state index in [9.17, 15) is 18.0 Å². The summed E-state index contributed by atoms with van der Waals surface area (Å²) in [7, 11) is -4.03. The highest BCUT2D eigenvalue weighted by Gasteiger charge is 2.35. The minimum atomic E-state index is -4.03. The predicted molar refractivity (Wildman–Crippen MR) is 167 cm³/mol. The lowest BCUT2D eigenvalue weighted by Gasteiger charge is -2.35. The molecule has 1 unspecified atom stereocenters. The van der Waals surface area contributed by atoms with E-state index in [1.807, 2.05) is 51.1 Å². The molecule has 3 aromatic carbocycles. The molecule has 3 rings (SSSR count). The lowest BCUT2D eigenvalue weighted by atomic mass is 10.0. The summed E-state index contributed by atoms with van der Waals surface area (Å²) in [6.07, 6.45) is 1.13. The van der Waals surface area contributed by atoms with Gasteiger partial charge in [0.15, 0.2) is 0 Å². The van der Waals surface area contributed by atoms with Crippen molar-refractivity contribution in [2.75, 3.05) is 17.1 Å². The lowest BCUT2D eigenvalue weighted by molar-refractivity contribution is -0.140. The van der Waals surface area contributed by atoms with Gasteiger partial charge in [0, 0.05) is 23.5 Å². The van der Waals surface area contributed by atoms with Crippen LogP contribution in [-0.4, -0.2) is 49.5 Å². The number of rotatable bonds is 10. The third-order valence-electron chi connectivity index (χ3n) is 5.95. The van der Waals surface area contributed by atoms with Crippen LogP contribution in [0.4, 0.5) is 5.69 Å². The molecule has 1 atom stereocenters. The third-order valence-corrected chi connectivity index (χ3v) is 8.34. The summed E-state index contributed by atoms with van der Waals surface area (Å²) in [5.74, 6) is -1.03. The summed E-state index contributed by atoms with van der Waals surface area (Å²) >= 11 is 24.8. The van der Waals surface area contributed by atoms with Gasteiger partial charge in [0.05, 0.1) is 27.0 Å². The minimum absolute atomic E-state index is 0.00896. The van der Waals surface area contributed by atoms with Gasteiger partial charge >= 0.3 is 0 Å². The molecule has 0 aliphatic carbocycles. The Bertz CT molecular complexity index is 1510. The zero-order chi connectivity index (χ0) is 30.5. The Morgan fingerprint density at radius 1 is 0.854 bits per heavy atom. The number of nitrogens with zero attached hydrogens (tertiary/aromatic N) is 2. The molecule has 3 aromatic rings. The molecule has 0 saturated heterocycles. The Labute approximate surface area is 261 Å². The second-order valence-corrected chi connectivity index (χ2v) is 14.1. The normalized spacial score (nSPS) is 12.5. The summed E-state index contributed by atoms with van der Waals surface area (Å²) in [4.78, 5) is 29.2. The smallest absolute Gasteiger partial charge is 0.244 e. The molecule has 0 bridgehead atoms. The fourth-order valence-corrected chi connectivity index (χ4v) is 5.90. The first kappa shape index (κ1) is 33.0. The molecular formula is C29H31Cl4N3O4S. The Morgan fingerprint density at radius 3 is 2.05 bits per heavy atom. The topological polar surface area (TPSA) is 86.8 Å². The van der Waals surface area contributed by atoms with Crippen LogP contribution in [0.15, 0.2) is 66.7 Å². The maximum atomic E-state index is 14.1. The van der Waals surface area contributed by atoms with Crippen molar-refractivity contribution in [3.05, 3.63) is 97.9 Å². The average Bonchev–Trinajstić information content (AvgIpc) is 2.86. The summed E-state index contributed by atoms with van der Waals surface area (Å²) in [6, 6.07) is 17.8. The van der Waals surface area contributed by atoms with Crippen molar-refractivity contribution in [3.63, 3.8) is 0 Å². The van der Waals surface area contributed by atoms with E-state index >= 15 is 0 Å². The van der Waals surface area contributed by atoms with Gasteiger partial charge in [0.2, 0.25) is 21.8 Å². The average molecular weight is 659 g/mol. The molecule has 2 amide bonds. The van der Waals surface area contributed by atoms with Crippen molar-refractivity contribution in [1.29, 1.82) is 0 Å². The fraction of sp³-hybridized carbons (Fsp3) is 0.310. The van der Waals surface area contributed by atoms with E-state index < -0.39 is 40.0 Å². The predicted octanol–water partition coefficient (Wildman–Crippen LogP) is 6.62. The molecule has 220 valence electrons. The van der Waals surface area contributed by atoms with Gasteiger partial charge in [0.25, 0.3) is 0 Å². The first-order valence-corrected chi connectivity index (χ1v) is 15.9. The van der Waals surface area contributed by atoms with Crippen molar-refractivity contribution in [1.82, 2.24) is 10.2 Å². The molecule has 41 heavy (non-hydrogen) atoms. The highest BCUT2D eigenvalue weighted by atomic mass is 35.5. The van der Waals surface area contributed by atoms with Crippen molar-refractivity contribution in [3.8, 4) is 0 Å². The molecule has 0 aliphatic heterocycles. The summed E-state index contributed by atoms with van der Waals surface area (Å²) < 4.78 is 26.7. The molecule has 0 aromatic heterocycles. The molecular weight excluding hydrogens is 628 g/mol. The Kier molecular flexibility index (Phi) is 11.0. The van der Waals surface area contributed by atoms with Crippen LogP contribution in [0.5, 0.6) is 0 Å². The molecule has 0 spiro atoms. The number of hydrogen-bond acceptors (Lipinski definition) is 4. The summed E-state index contributed by atoms with van der Waals surface area (Å²) in [6.45, 7) is 4.86. The summed E-state index contributed by atoms with van der Waals surface area (Å²) in [5.41, 5.74) is 0.866. The molecule has 0 radical (unpaired) electrons. The minimum Gasteiger partial charge on any atom is -0.350 e. The monoisotopic (exact) mass is 657 g/mol. The van der Waals surface area contributed by atoms with Gasteiger partial charge in [0.1, 0.15) is 12.6 Å². The second-order valence-electron chi connectivity index (χ2n) is 10.6. The molecule has 0 heterocycles. The highest BCUT2D eigenvalue weighted by Crippen LogP contribution is 2.35. The van der Waals surface area contributed by atoms with Crippen LogP contribution in [0.3, 0.4) is 0 Å². The first-order valence-electron chi connectivity index (χ1n) is 12.6. The second kappa shape index (κ2) is 13.7. The van der Waals surface area contributed by atoms with Crippen LogP contribution < -0.4 is 9.62 Å². The van der Waals surface area contributed by atoms with Crippen LogP contribution in [0.25, 0.3) is 0 Å². The Hall–Kier alpha value is -2.49. The van der Waals surface area contributed by atoms with E-state index in [4.69, 9.17) is 46.4 Å². The van der Waals surface area contributed by atoms with E-state index in [0.29, 0.717) is 10.6 Å². The quantitative estimate of drug-likeness (QED) is 0.248. The number of carbonyl (C=O) groups excluding carboxylic acids is 2. The lowest BCUT2D eigenvalue weighted by Crippen LogP contribution is -2.56. The van der Waals surface area contributed by atoms with Crippen molar-refractivity contribution in [2.45, 2.75) is 45.3 Å². The number of carbonyl (C=O) groups is 2. The largest absolute Gasteiger partial charge is 0.350 e. The van der Waals surface area contributed by atoms with Gasteiger partial charge in [-0.1, -0.05) is 88.9 Å². The van der Waals surface area contributed by atoms with E-state index in [0.717, 1.165) is 16.1 Å². The highest BCUT2D eigenvalue weighted by molar-refractivity contribution is 7.92. The van der Waals surface area contributed by atoms with Gasteiger partial charge in [-0.25, -0.2) is 8.42 Å². The van der Waals surface area contributed by atoms with Gasteiger partial charge in [-0.15, -0.1) is 0 Å². The summed E-state index contributed by atoms with van der Waals surface area (Å²) in [5, 5.41) is 3.60. The molecule has 0 saturated carbocycles. The molecule has 12 heteroatoms. The maximum absolute atomic E-state index is 14.1. The van der Waals surface area contributed by atoms with Gasteiger partial charge in [-0.05, 0) is 56.2 Å². The van der Waals surface area contributed by atoms with Crippen LogP contribution in [0.2, 0.25) is 20.1 Å². The van der Waals surface area contributed by atoms with Crippen LogP contribution >= 0.6 is 46.4 Å². The SMILES string of the molecule is CC(C)(C)NC(=O)C(Cc1ccccc1)N(Cc1cccc(Cl)c1)C(=O)CN(c1cc(Cl)c(Cl)cc1Cl)S(C)(=O)=O. The number of amides is 2. The van der Waals surface area contributed by atoms with Crippen LogP contribution in [-0.2, 0) is 32.6 Å². The van der Waals surface area contributed by atoms with E-state index in [2.05, 4.69) is 5.32 Å². The van der Waals surface area contributed by atoms with Crippen LogP contribution in [0, 0.1) is 0 Å². The van der Waals surface area contributed by atoms with Gasteiger partial charge < -0.3 is 10.2 Å². The fourth-order valence-electron chi connectivity index (χ4n) is 4.14. The zero-order valence-electron chi connectivity index (χ0n) is 23.0. The number of nitrogens with one attached hydrogen (secondary N) is 1. The Balaban J connectivity index is 2.12. The number of benzene rings is 3. The first-order chi connectivity index (χ1) is 19.0. The Morgan fingerprint density at radius 2 is 1.46 bits per heavy atom. The molecule has 7 nitrogen and oxygen atoms in total. The van der Waals surface area contributed by atoms with Gasteiger partial charge in [-0.2, -0.15) is 0 Å².